The third-order valence-electron chi connectivity index (χ3n) is 5.05. The number of ether oxygens (including phenoxy) is 2. The summed E-state index contributed by atoms with van der Waals surface area (Å²) in [6.07, 6.45) is 0.722. The molecule has 29 heavy (non-hydrogen) atoms. The van der Waals surface area contributed by atoms with Crippen molar-refractivity contribution in [3.63, 3.8) is 0 Å². The van der Waals surface area contributed by atoms with Gasteiger partial charge in [-0.1, -0.05) is 32.4 Å². The van der Waals surface area contributed by atoms with Crippen LogP contribution >= 0.6 is 0 Å². The number of nitrogens with zero attached hydrogens (tertiary/aromatic N) is 1. The highest BCUT2D eigenvalue weighted by molar-refractivity contribution is 6.01. The van der Waals surface area contributed by atoms with Gasteiger partial charge in [-0.05, 0) is 36.2 Å². The van der Waals surface area contributed by atoms with E-state index in [0.717, 1.165) is 17.5 Å². The Labute approximate surface area is 167 Å². The lowest BCUT2D eigenvalue weighted by atomic mass is 9.98. The Balaban J connectivity index is 1.50. The number of carbonyl (C=O) groups excluding carboxylic acids is 2. The molecule has 2 aromatic carbocycles. The number of amides is 2. The fourth-order valence-electron chi connectivity index (χ4n) is 3.17. The van der Waals surface area contributed by atoms with Crippen molar-refractivity contribution in [2.24, 2.45) is 5.92 Å². The largest absolute Gasteiger partial charge is 0.454 e. The summed E-state index contributed by atoms with van der Waals surface area (Å²) in [5, 5.41) is 5.62. The molecule has 0 saturated heterocycles. The van der Waals surface area contributed by atoms with Crippen LogP contribution in [-0.4, -0.2) is 34.6 Å². The predicted octanol–water partition coefficient (Wildman–Crippen LogP) is 3.07. The van der Waals surface area contributed by atoms with Crippen molar-refractivity contribution in [2.75, 3.05) is 12.1 Å². The molecule has 4 rings (SSSR count). The minimum atomic E-state index is -0.717. The molecule has 1 aliphatic heterocycles. The second-order valence-electron chi connectivity index (χ2n) is 7.00. The smallest absolute Gasteiger partial charge is 0.252 e. The van der Waals surface area contributed by atoms with E-state index in [1.807, 2.05) is 38.1 Å². The maximum atomic E-state index is 12.9. The van der Waals surface area contributed by atoms with E-state index >= 15 is 0 Å². The summed E-state index contributed by atoms with van der Waals surface area (Å²) >= 11 is 0. The average molecular weight is 394 g/mol. The van der Waals surface area contributed by atoms with Crippen LogP contribution in [0, 0.1) is 5.92 Å². The maximum Gasteiger partial charge on any atom is 0.252 e. The number of H-pyrrole nitrogens is 1. The molecule has 0 saturated carbocycles. The molecule has 2 amide bonds. The van der Waals surface area contributed by atoms with Crippen molar-refractivity contribution in [3.8, 4) is 11.5 Å². The lowest BCUT2D eigenvalue weighted by Gasteiger charge is -2.23. The number of imidazole rings is 1. The topological polar surface area (TPSA) is 105 Å². The van der Waals surface area contributed by atoms with Crippen molar-refractivity contribution >= 4 is 28.8 Å². The van der Waals surface area contributed by atoms with Gasteiger partial charge >= 0.3 is 0 Å². The zero-order valence-corrected chi connectivity index (χ0v) is 16.2. The lowest BCUT2D eigenvalue weighted by Crippen LogP contribution is -2.47. The molecule has 2 heterocycles. The number of nitrogens with one attached hydrogen (secondary N) is 3. The highest BCUT2D eigenvalue weighted by Crippen LogP contribution is 2.32. The molecule has 0 bridgehead atoms. The van der Waals surface area contributed by atoms with Crippen LogP contribution in [0.3, 0.4) is 0 Å². The minimum absolute atomic E-state index is 0.0719. The summed E-state index contributed by atoms with van der Waals surface area (Å²) < 4.78 is 10.6. The van der Waals surface area contributed by atoms with Crippen molar-refractivity contribution in [1.82, 2.24) is 15.3 Å². The summed E-state index contributed by atoms with van der Waals surface area (Å²) in [7, 11) is 0. The number of fused-ring (bicyclic) bond motifs is 2. The first-order valence-corrected chi connectivity index (χ1v) is 9.51. The van der Waals surface area contributed by atoms with Crippen LogP contribution < -0.4 is 20.1 Å². The van der Waals surface area contributed by atoms with E-state index < -0.39 is 6.04 Å². The second-order valence-corrected chi connectivity index (χ2v) is 7.00. The van der Waals surface area contributed by atoms with E-state index in [9.17, 15) is 9.59 Å². The number of carbonyl (C=O) groups is 2. The van der Waals surface area contributed by atoms with Gasteiger partial charge in [0.05, 0.1) is 11.0 Å². The Morgan fingerprint density at radius 2 is 1.97 bits per heavy atom. The zero-order chi connectivity index (χ0) is 20.4. The van der Waals surface area contributed by atoms with Gasteiger partial charge in [-0.15, -0.1) is 0 Å². The summed E-state index contributed by atoms with van der Waals surface area (Å²) in [6.45, 7) is 4.03. The first kappa shape index (κ1) is 18.8. The molecule has 0 unspecified atom stereocenters. The van der Waals surface area contributed by atoms with E-state index in [1.165, 1.54) is 0 Å². The Hall–Kier alpha value is -3.55. The van der Waals surface area contributed by atoms with Gasteiger partial charge in [-0.3, -0.25) is 14.9 Å². The van der Waals surface area contributed by atoms with E-state index in [0.29, 0.717) is 23.0 Å². The number of aromatic nitrogens is 2. The minimum Gasteiger partial charge on any atom is -0.454 e. The summed E-state index contributed by atoms with van der Waals surface area (Å²) in [6, 6.07) is 11.7. The Kier molecular flexibility index (Phi) is 5.07. The van der Waals surface area contributed by atoms with Crippen LogP contribution in [-0.2, 0) is 4.79 Å². The van der Waals surface area contributed by atoms with Gasteiger partial charge in [0.25, 0.3) is 5.91 Å². The lowest BCUT2D eigenvalue weighted by molar-refractivity contribution is -0.119. The summed E-state index contributed by atoms with van der Waals surface area (Å²) in [4.78, 5) is 33.1. The Bertz CT molecular complexity index is 1030. The molecule has 150 valence electrons. The van der Waals surface area contributed by atoms with Gasteiger partial charge in [0.1, 0.15) is 6.04 Å². The summed E-state index contributed by atoms with van der Waals surface area (Å²) in [5.41, 5.74) is 1.98. The molecular formula is C21H22N4O4. The zero-order valence-electron chi connectivity index (χ0n) is 16.2. The predicted molar refractivity (Wildman–Crippen MR) is 108 cm³/mol. The van der Waals surface area contributed by atoms with Crippen molar-refractivity contribution in [1.29, 1.82) is 0 Å². The monoisotopic (exact) mass is 394 g/mol. The van der Waals surface area contributed by atoms with Crippen LogP contribution in [0.5, 0.6) is 11.5 Å². The van der Waals surface area contributed by atoms with Crippen molar-refractivity contribution in [2.45, 2.75) is 26.3 Å². The number of benzene rings is 2. The van der Waals surface area contributed by atoms with Gasteiger partial charge in [0.2, 0.25) is 18.6 Å². The first-order chi connectivity index (χ1) is 14.0. The Morgan fingerprint density at radius 3 is 2.76 bits per heavy atom. The number of para-hydroxylation sites is 2. The van der Waals surface area contributed by atoms with Crippen molar-refractivity contribution < 1.29 is 19.1 Å². The van der Waals surface area contributed by atoms with Crippen LogP contribution in [0.15, 0.2) is 42.5 Å². The third-order valence-corrected chi connectivity index (χ3v) is 5.05. The number of aromatic amines is 1. The Morgan fingerprint density at radius 1 is 1.17 bits per heavy atom. The van der Waals surface area contributed by atoms with Gasteiger partial charge < -0.3 is 19.8 Å². The number of anilines is 1. The third kappa shape index (κ3) is 3.87. The molecule has 3 N–H and O–H groups in total. The average Bonchev–Trinajstić information content (AvgIpc) is 3.36. The van der Waals surface area contributed by atoms with Crippen LogP contribution in [0.25, 0.3) is 11.0 Å². The van der Waals surface area contributed by atoms with Gasteiger partial charge in [0.15, 0.2) is 11.5 Å². The molecule has 2 atom stereocenters. The number of hydrogen-bond donors (Lipinski definition) is 3. The van der Waals surface area contributed by atoms with Gasteiger partial charge in [-0.2, -0.15) is 0 Å². The normalized spacial score (nSPS) is 14.4. The standard InChI is InChI=1S/C21H22N4O4/c1-3-12(2)18(20(27)25-21-22-14-6-4-5-7-15(14)23-21)24-19(26)13-8-9-16-17(10-13)29-11-28-16/h4-10,12,18H,3,11H2,1-2H3,(H,24,26)(H2,22,23,25,27)/t12-,18+/m1/s1. The van der Waals surface area contributed by atoms with Gasteiger partial charge in [0, 0.05) is 5.56 Å². The van der Waals surface area contributed by atoms with Crippen LogP contribution in [0.1, 0.15) is 30.6 Å². The molecule has 1 aromatic heterocycles. The number of hydrogen-bond acceptors (Lipinski definition) is 5. The first-order valence-electron chi connectivity index (χ1n) is 9.51. The van der Waals surface area contributed by atoms with Crippen LogP contribution in [0.4, 0.5) is 5.95 Å². The fraction of sp³-hybridized carbons (Fsp3) is 0.286. The van der Waals surface area contributed by atoms with E-state index in [-0.39, 0.29) is 24.5 Å². The molecular weight excluding hydrogens is 372 g/mol. The highest BCUT2D eigenvalue weighted by atomic mass is 16.7. The molecule has 3 aromatic rings. The maximum absolute atomic E-state index is 12.9. The second kappa shape index (κ2) is 7.83. The fourth-order valence-corrected chi connectivity index (χ4v) is 3.17. The molecule has 0 spiro atoms. The van der Waals surface area contributed by atoms with E-state index in [4.69, 9.17) is 9.47 Å². The van der Waals surface area contributed by atoms with Crippen molar-refractivity contribution in [3.05, 3.63) is 48.0 Å². The van der Waals surface area contributed by atoms with Gasteiger partial charge in [-0.25, -0.2) is 4.98 Å². The molecule has 1 aliphatic rings. The number of rotatable bonds is 6. The summed E-state index contributed by atoms with van der Waals surface area (Å²) in [5.74, 6) is 0.715. The molecule has 0 aliphatic carbocycles. The SMILES string of the molecule is CC[C@@H](C)[C@H](NC(=O)c1ccc2c(c1)OCO2)C(=O)Nc1nc2ccccc2[nH]1. The molecule has 8 nitrogen and oxygen atoms in total. The highest BCUT2D eigenvalue weighted by Gasteiger charge is 2.28. The van der Waals surface area contributed by atoms with E-state index in [1.54, 1.807) is 18.2 Å². The molecule has 8 heteroatoms. The molecule has 0 radical (unpaired) electrons. The quantitative estimate of drug-likeness (QED) is 0.596. The molecule has 0 fully saturated rings. The van der Waals surface area contributed by atoms with Crippen LogP contribution in [0.2, 0.25) is 0 Å². The van der Waals surface area contributed by atoms with E-state index in [2.05, 4.69) is 20.6 Å².